The van der Waals surface area contributed by atoms with E-state index >= 15 is 8.78 Å². The number of aryl methyl sites for hydroxylation is 1. The minimum absolute atomic E-state index is 0.0223. The molecule has 3 saturated heterocycles. The molecule has 0 aliphatic carbocycles. The van der Waals surface area contributed by atoms with Gasteiger partial charge >= 0.3 is 6.01 Å². The maximum absolute atomic E-state index is 17.1. The number of anilines is 1. The second kappa shape index (κ2) is 12.2. The number of aromatic nitrogens is 3. The van der Waals surface area contributed by atoms with Gasteiger partial charge in [-0.15, -0.1) is 0 Å². The summed E-state index contributed by atoms with van der Waals surface area (Å²) < 4.78 is 43.9. The number of pyridine rings is 1. The lowest BCUT2D eigenvalue weighted by Gasteiger charge is -2.34. The molecule has 4 atom stereocenters. The number of ether oxygens (including phenoxy) is 2. The van der Waals surface area contributed by atoms with Gasteiger partial charge in [0, 0.05) is 50.4 Å². The third-order valence-corrected chi connectivity index (χ3v) is 9.65. The zero-order valence-electron chi connectivity index (χ0n) is 26.5. The van der Waals surface area contributed by atoms with E-state index in [0.717, 1.165) is 25.8 Å². The van der Waals surface area contributed by atoms with E-state index in [0.29, 0.717) is 71.4 Å². The third kappa shape index (κ3) is 5.38. The van der Waals surface area contributed by atoms with Crippen molar-refractivity contribution in [2.24, 2.45) is 0 Å². The number of likely N-dealkylation sites (tertiary alicyclic amines) is 1. The minimum atomic E-state index is -0.709. The van der Waals surface area contributed by atoms with Gasteiger partial charge < -0.3 is 24.8 Å². The molecule has 3 aliphatic rings. The second-order valence-electron chi connectivity index (χ2n) is 12.6. The van der Waals surface area contributed by atoms with E-state index < -0.39 is 11.6 Å². The van der Waals surface area contributed by atoms with Crippen LogP contribution in [0.2, 0.25) is 0 Å². The van der Waals surface area contributed by atoms with Crippen molar-refractivity contribution in [3.8, 4) is 34.9 Å². The number of phenols is 1. The van der Waals surface area contributed by atoms with E-state index in [-0.39, 0.29) is 40.7 Å². The first-order valence-corrected chi connectivity index (χ1v) is 15.9. The zero-order chi connectivity index (χ0) is 32.1. The number of halogens is 2. The molecule has 2 bridgehead atoms. The lowest BCUT2D eigenvalue weighted by molar-refractivity contribution is 0.111. The Labute approximate surface area is 266 Å². The normalized spacial score (nSPS) is 22.9. The SMILES string of the molecule is CC#Cc1nc(-c2cc(O)cc3ccc(F)c(CC)c23)c(F)c2nc(OC[C@@H]3C[C@@H](OC)CN3C)nc(N3C[C@H]4CC[C@@H](C3)N4)c12. The molecule has 9 nitrogen and oxygen atoms in total. The molecular weight excluding hydrogens is 590 g/mol. The maximum Gasteiger partial charge on any atom is 0.319 e. The van der Waals surface area contributed by atoms with Gasteiger partial charge in [0.05, 0.1) is 11.5 Å². The lowest BCUT2D eigenvalue weighted by atomic mass is 9.94. The average molecular weight is 629 g/mol. The van der Waals surface area contributed by atoms with Crippen LogP contribution in [0.25, 0.3) is 32.9 Å². The number of nitrogens with zero attached hydrogens (tertiary/aromatic N) is 5. The van der Waals surface area contributed by atoms with Crippen LogP contribution in [-0.4, -0.2) is 89.6 Å². The Hall–Kier alpha value is -4.11. The van der Waals surface area contributed by atoms with E-state index in [2.05, 4.69) is 31.9 Å². The van der Waals surface area contributed by atoms with Gasteiger partial charge in [-0.3, -0.25) is 4.90 Å². The topological polar surface area (TPSA) is 95.9 Å². The molecule has 3 aliphatic heterocycles. The highest BCUT2D eigenvalue weighted by Gasteiger charge is 2.36. The maximum atomic E-state index is 17.1. The number of nitrogens with one attached hydrogen (secondary N) is 1. The molecule has 11 heteroatoms. The summed E-state index contributed by atoms with van der Waals surface area (Å²) >= 11 is 0. The molecule has 4 aromatic rings. The Kier molecular flexibility index (Phi) is 8.13. The molecule has 2 N–H and O–H groups in total. The monoisotopic (exact) mass is 628 g/mol. The van der Waals surface area contributed by atoms with E-state index in [4.69, 9.17) is 19.4 Å². The highest BCUT2D eigenvalue weighted by atomic mass is 19.1. The van der Waals surface area contributed by atoms with E-state index in [1.165, 1.54) is 12.1 Å². The fourth-order valence-corrected chi connectivity index (χ4v) is 7.38. The molecular formula is C35H38F2N6O3. The van der Waals surface area contributed by atoms with Crippen molar-refractivity contribution in [3.05, 3.63) is 47.2 Å². The van der Waals surface area contributed by atoms with Gasteiger partial charge in [-0.1, -0.05) is 18.9 Å². The molecule has 46 heavy (non-hydrogen) atoms. The van der Waals surface area contributed by atoms with Gasteiger partial charge in [0.25, 0.3) is 0 Å². The highest BCUT2D eigenvalue weighted by molar-refractivity contribution is 6.03. The summed E-state index contributed by atoms with van der Waals surface area (Å²) in [5.41, 5.74) is 0.947. The van der Waals surface area contributed by atoms with Crippen LogP contribution in [0, 0.1) is 23.5 Å². The minimum Gasteiger partial charge on any atom is -0.508 e. The van der Waals surface area contributed by atoms with Gasteiger partial charge in [-0.2, -0.15) is 9.97 Å². The van der Waals surface area contributed by atoms with Crippen molar-refractivity contribution < 1.29 is 23.4 Å². The highest BCUT2D eigenvalue weighted by Crippen LogP contribution is 2.40. The van der Waals surface area contributed by atoms with Crippen LogP contribution >= 0.6 is 0 Å². The molecule has 0 spiro atoms. The van der Waals surface area contributed by atoms with E-state index in [1.54, 1.807) is 26.2 Å². The number of aromatic hydroxyl groups is 1. The summed E-state index contributed by atoms with van der Waals surface area (Å²) in [7, 11) is 3.73. The van der Waals surface area contributed by atoms with Crippen molar-refractivity contribution in [2.75, 3.05) is 45.3 Å². The van der Waals surface area contributed by atoms with E-state index in [9.17, 15) is 5.11 Å². The Morgan fingerprint density at radius 1 is 1.07 bits per heavy atom. The summed E-state index contributed by atoms with van der Waals surface area (Å²) in [6.07, 6.45) is 3.39. The molecule has 240 valence electrons. The van der Waals surface area contributed by atoms with Crippen LogP contribution in [0.1, 0.15) is 44.4 Å². The first-order valence-electron chi connectivity index (χ1n) is 15.9. The van der Waals surface area contributed by atoms with Gasteiger partial charge in [0.15, 0.2) is 5.82 Å². The number of rotatable bonds is 7. The molecule has 2 aromatic carbocycles. The zero-order valence-corrected chi connectivity index (χ0v) is 26.5. The molecule has 0 unspecified atom stereocenters. The number of methoxy groups -OCH3 is 1. The van der Waals surface area contributed by atoms with E-state index in [1.807, 2.05) is 14.0 Å². The number of phenolic OH excluding ortho intramolecular Hbond substituents is 1. The molecule has 0 amide bonds. The fourth-order valence-electron chi connectivity index (χ4n) is 7.38. The number of piperazine rings is 1. The molecule has 5 heterocycles. The number of fused-ring (bicyclic) bond motifs is 4. The molecule has 7 rings (SSSR count). The summed E-state index contributed by atoms with van der Waals surface area (Å²) in [6, 6.07) is 6.66. The van der Waals surface area contributed by atoms with Gasteiger partial charge in [-0.25, -0.2) is 13.8 Å². The molecule has 3 fully saturated rings. The van der Waals surface area contributed by atoms with Crippen LogP contribution in [0.3, 0.4) is 0 Å². The Bertz CT molecular complexity index is 1880. The van der Waals surface area contributed by atoms with Crippen LogP contribution in [0.5, 0.6) is 11.8 Å². The lowest BCUT2D eigenvalue weighted by Crippen LogP contribution is -2.51. The van der Waals surface area contributed by atoms with Gasteiger partial charge in [-0.05, 0) is 80.1 Å². The first-order chi connectivity index (χ1) is 22.3. The number of likely N-dealkylation sites (N-methyl/N-ethyl adjacent to an activating group) is 1. The quantitative estimate of drug-likeness (QED) is 0.280. The smallest absolute Gasteiger partial charge is 0.319 e. The van der Waals surface area contributed by atoms with Crippen molar-refractivity contribution >= 4 is 27.5 Å². The average Bonchev–Trinajstić information content (AvgIpc) is 3.59. The van der Waals surface area contributed by atoms with Crippen molar-refractivity contribution in [1.29, 1.82) is 0 Å². The number of hydrogen-bond acceptors (Lipinski definition) is 9. The number of hydrogen-bond donors (Lipinski definition) is 2. The largest absolute Gasteiger partial charge is 0.508 e. The summed E-state index contributed by atoms with van der Waals surface area (Å²) in [6.45, 7) is 6.03. The van der Waals surface area contributed by atoms with Crippen molar-refractivity contribution in [2.45, 2.75) is 63.8 Å². The van der Waals surface area contributed by atoms with Gasteiger partial charge in [0.1, 0.15) is 40.9 Å². The summed E-state index contributed by atoms with van der Waals surface area (Å²) in [4.78, 5) is 18.7. The Morgan fingerprint density at radius 3 is 2.54 bits per heavy atom. The third-order valence-electron chi connectivity index (χ3n) is 9.65. The number of benzene rings is 2. The van der Waals surface area contributed by atoms with Crippen LogP contribution in [0.15, 0.2) is 24.3 Å². The Balaban J connectivity index is 1.44. The van der Waals surface area contributed by atoms with Crippen molar-refractivity contribution in [1.82, 2.24) is 25.2 Å². The van der Waals surface area contributed by atoms with Crippen molar-refractivity contribution in [3.63, 3.8) is 0 Å². The predicted octanol–water partition coefficient (Wildman–Crippen LogP) is 4.80. The standard InChI is InChI=1S/C35H38F2N6O3/c1-5-7-28-30-33(31(37)32(39-28)26-14-23(44)12-19-8-11-27(36)25(6-2)29(19)26)40-35(46-18-22-13-24(45-4)17-42(22)3)41-34(30)43-15-20-9-10-21(16-43)38-20/h8,11-12,14,20-22,24,38,44H,6,9-10,13,15-18H2,1-4H3/t20-,21+,22-,24+/m0/s1. The second-order valence-corrected chi connectivity index (χ2v) is 12.6. The molecule has 0 radical (unpaired) electrons. The summed E-state index contributed by atoms with van der Waals surface area (Å²) in [5.74, 6) is 5.33. The van der Waals surface area contributed by atoms with Crippen LogP contribution < -0.4 is 15.0 Å². The predicted molar refractivity (Wildman–Crippen MR) is 173 cm³/mol. The first kappa shape index (κ1) is 30.5. The molecule has 2 aromatic heterocycles. The molecule has 0 saturated carbocycles. The Morgan fingerprint density at radius 2 is 1.85 bits per heavy atom. The fraction of sp³-hybridized carbons (Fsp3) is 0.457. The van der Waals surface area contributed by atoms with Gasteiger partial charge in [0.2, 0.25) is 0 Å². The van der Waals surface area contributed by atoms with Crippen LogP contribution in [-0.2, 0) is 11.2 Å². The summed E-state index contributed by atoms with van der Waals surface area (Å²) in [5, 5.41) is 15.8. The van der Waals surface area contributed by atoms with Crippen LogP contribution in [0.4, 0.5) is 14.6 Å².